The van der Waals surface area contributed by atoms with E-state index in [2.05, 4.69) is 0 Å². The van der Waals surface area contributed by atoms with Crippen molar-refractivity contribution in [1.29, 1.82) is 0 Å². The van der Waals surface area contributed by atoms with E-state index < -0.39 is 0 Å². The zero-order valence-corrected chi connectivity index (χ0v) is 11.0. The molecule has 1 aromatic carbocycles. The lowest BCUT2D eigenvalue weighted by Crippen LogP contribution is -1.79. The molecule has 0 fully saturated rings. The van der Waals surface area contributed by atoms with Gasteiger partial charge >= 0.3 is 0 Å². The summed E-state index contributed by atoms with van der Waals surface area (Å²) >= 11 is 34.0. The third-order valence-electron chi connectivity index (χ3n) is 1.16. The summed E-state index contributed by atoms with van der Waals surface area (Å²) in [6.45, 7) is 0. The van der Waals surface area contributed by atoms with Crippen molar-refractivity contribution in [2.45, 2.75) is 7.43 Å². The van der Waals surface area contributed by atoms with Crippen LogP contribution in [0, 0.1) is 0 Å². The fraction of sp³-hybridized carbons (Fsp3) is 0.143. The number of benzene rings is 1. The van der Waals surface area contributed by atoms with E-state index in [9.17, 15) is 0 Å². The largest absolute Gasteiger partial charge is 0.147 e. The van der Waals surface area contributed by atoms with E-state index in [1.165, 1.54) is 0 Å². The Labute approximate surface area is 119 Å². The van der Waals surface area contributed by atoms with Gasteiger partial charge in [0.15, 0.2) is 0 Å². The Morgan fingerprint density at radius 2 is 0.500 bits per heavy atom. The van der Waals surface area contributed by atoms with Gasteiger partial charge in [0.1, 0.15) is 0 Å². The van der Waals surface area contributed by atoms with E-state index in [-0.39, 0.29) is 50.0 Å². The highest BCUT2D eigenvalue weighted by atomic mass is 35.5. The van der Waals surface area contributed by atoms with Crippen LogP contribution in [-0.2, 0) is 0 Å². The van der Waals surface area contributed by atoms with E-state index >= 15 is 0 Å². The molecule has 0 aliphatic carbocycles. The third kappa shape index (κ3) is 3.12. The van der Waals surface area contributed by atoms with Gasteiger partial charge in [-0.2, -0.15) is 0 Å². The topological polar surface area (TPSA) is 0 Å². The molecule has 0 bridgehead atoms. The SMILES string of the molecule is C.Cl.Clc1c(Cl)c(Cl)c(Cl)c(Cl)c1Cl. The first-order chi connectivity index (χ1) is 5.46. The van der Waals surface area contributed by atoms with Crippen molar-refractivity contribution in [2.75, 3.05) is 0 Å². The first-order valence-corrected chi connectivity index (χ1v) is 4.90. The molecule has 0 unspecified atom stereocenters. The van der Waals surface area contributed by atoms with Crippen molar-refractivity contribution >= 4 is 82.0 Å². The minimum Gasteiger partial charge on any atom is -0.147 e. The second-order valence-electron chi connectivity index (χ2n) is 1.88. The molecule has 0 aromatic heterocycles. The van der Waals surface area contributed by atoms with Crippen LogP contribution in [0.25, 0.3) is 0 Å². The van der Waals surface area contributed by atoms with Gasteiger partial charge in [-0.05, 0) is 0 Å². The van der Waals surface area contributed by atoms with Gasteiger partial charge in [-0.3, -0.25) is 0 Å². The highest BCUT2D eigenvalue weighted by Crippen LogP contribution is 2.45. The fourth-order valence-electron chi connectivity index (χ4n) is 0.578. The quantitative estimate of drug-likeness (QED) is 0.366. The van der Waals surface area contributed by atoms with Crippen LogP contribution in [0.3, 0.4) is 0 Å². The van der Waals surface area contributed by atoms with Crippen molar-refractivity contribution in [3.8, 4) is 0 Å². The van der Waals surface area contributed by atoms with E-state index in [0.29, 0.717) is 0 Å². The molecule has 0 aliphatic rings. The molecule has 82 valence electrons. The number of halogens is 7. The van der Waals surface area contributed by atoms with Crippen LogP contribution in [-0.4, -0.2) is 0 Å². The molecule has 0 amide bonds. The summed E-state index contributed by atoms with van der Waals surface area (Å²) in [6, 6.07) is 0. The molecule has 0 nitrogen and oxygen atoms in total. The van der Waals surface area contributed by atoms with Crippen molar-refractivity contribution in [1.82, 2.24) is 0 Å². The van der Waals surface area contributed by atoms with Crippen LogP contribution >= 0.6 is 82.0 Å². The number of rotatable bonds is 0. The monoisotopic (exact) mass is 334 g/mol. The molecule has 0 N–H and O–H groups in total. The van der Waals surface area contributed by atoms with Gasteiger partial charge in [0.25, 0.3) is 0 Å². The standard InChI is InChI=1S/C6Cl6.CH4.ClH/c7-1-2(8)4(10)6(12)5(11)3(1)9;;/h;1H4;1H. The Hall–Kier alpha value is 1.25. The lowest BCUT2D eigenvalue weighted by Gasteiger charge is -2.06. The average molecular weight is 337 g/mol. The number of hydrogen-bond donors (Lipinski definition) is 0. The van der Waals surface area contributed by atoms with Gasteiger partial charge in [0.05, 0.1) is 30.1 Å². The van der Waals surface area contributed by atoms with Crippen molar-refractivity contribution in [3.63, 3.8) is 0 Å². The Morgan fingerprint density at radius 1 is 0.429 bits per heavy atom. The van der Waals surface area contributed by atoms with E-state index in [1.54, 1.807) is 0 Å². The third-order valence-corrected chi connectivity index (χ3v) is 4.00. The maximum Gasteiger partial charge on any atom is 0.0810 e. The van der Waals surface area contributed by atoms with Gasteiger partial charge in [-0.25, -0.2) is 0 Å². The molecule has 14 heavy (non-hydrogen) atoms. The van der Waals surface area contributed by atoms with Crippen LogP contribution in [0.5, 0.6) is 0 Å². The first kappa shape index (κ1) is 17.6. The zero-order chi connectivity index (χ0) is 9.46. The van der Waals surface area contributed by atoms with Crippen LogP contribution in [0.2, 0.25) is 30.1 Å². The average Bonchev–Trinajstić information content (AvgIpc) is 2.08. The molecule has 1 rings (SSSR count). The van der Waals surface area contributed by atoms with Crippen LogP contribution in [0.1, 0.15) is 7.43 Å². The van der Waals surface area contributed by atoms with Gasteiger partial charge < -0.3 is 0 Å². The van der Waals surface area contributed by atoms with E-state index in [4.69, 9.17) is 69.6 Å². The molecular weight excluding hydrogens is 332 g/mol. The number of hydrogen-bond acceptors (Lipinski definition) is 0. The Bertz CT molecular complexity index is 228. The fourth-order valence-corrected chi connectivity index (χ4v) is 2.00. The van der Waals surface area contributed by atoms with Crippen molar-refractivity contribution in [3.05, 3.63) is 30.1 Å². The predicted molar refractivity (Wildman–Crippen MR) is 70.5 cm³/mol. The second-order valence-corrected chi connectivity index (χ2v) is 4.15. The minimum atomic E-state index is 0. The highest BCUT2D eigenvalue weighted by molar-refractivity contribution is 6.59. The lowest BCUT2D eigenvalue weighted by atomic mass is 10.3. The van der Waals surface area contributed by atoms with Crippen LogP contribution < -0.4 is 0 Å². The molecule has 0 radical (unpaired) electrons. The molecule has 0 aliphatic heterocycles. The Balaban J connectivity index is 0. The van der Waals surface area contributed by atoms with Crippen molar-refractivity contribution in [2.24, 2.45) is 0 Å². The molecule has 0 saturated carbocycles. The van der Waals surface area contributed by atoms with Gasteiger partial charge in [0, 0.05) is 0 Å². The van der Waals surface area contributed by atoms with Crippen LogP contribution in [0.4, 0.5) is 0 Å². The molecule has 0 atom stereocenters. The van der Waals surface area contributed by atoms with Gasteiger partial charge in [0.2, 0.25) is 0 Å². The Morgan fingerprint density at radius 3 is 0.571 bits per heavy atom. The normalized spacial score (nSPS) is 9.00. The molecule has 0 spiro atoms. The summed E-state index contributed by atoms with van der Waals surface area (Å²) in [7, 11) is 0. The highest BCUT2D eigenvalue weighted by Gasteiger charge is 2.17. The summed E-state index contributed by atoms with van der Waals surface area (Å²) in [5, 5.41) is 0.654. The first-order valence-electron chi connectivity index (χ1n) is 2.63. The molecule has 7 heteroatoms. The summed E-state index contributed by atoms with van der Waals surface area (Å²) in [4.78, 5) is 0. The molecular formula is C7H5Cl7. The summed E-state index contributed by atoms with van der Waals surface area (Å²) < 4.78 is 0. The Kier molecular flexibility index (Phi) is 8.51. The van der Waals surface area contributed by atoms with Crippen LogP contribution in [0.15, 0.2) is 0 Å². The lowest BCUT2D eigenvalue weighted by molar-refractivity contribution is 1.69. The predicted octanol–water partition coefficient (Wildman–Crippen LogP) is 6.66. The van der Waals surface area contributed by atoms with E-state index in [1.807, 2.05) is 0 Å². The molecule has 0 heterocycles. The van der Waals surface area contributed by atoms with Crippen molar-refractivity contribution < 1.29 is 0 Å². The summed E-state index contributed by atoms with van der Waals surface area (Å²) in [6.07, 6.45) is 0. The zero-order valence-electron chi connectivity index (χ0n) is 5.68. The van der Waals surface area contributed by atoms with Gasteiger partial charge in [-0.1, -0.05) is 77.0 Å². The smallest absolute Gasteiger partial charge is 0.0810 e. The molecule has 0 saturated heterocycles. The molecule has 1 aromatic rings. The van der Waals surface area contributed by atoms with Gasteiger partial charge in [-0.15, -0.1) is 12.4 Å². The maximum atomic E-state index is 5.67. The minimum absolute atomic E-state index is 0. The summed E-state index contributed by atoms with van der Waals surface area (Å²) in [5.41, 5.74) is 0. The van der Waals surface area contributed by atoms with E-state index in [0.717, 1.165) is 0 Å². The summed E-state index contributed by atoms with van der Waals surface area (Å²) in [5.74, 6) is 0. The maximum absolute atomic E-state index is 5.67. The second kappa shape index (κ2) is 6.75.